The van der Waals surface area contributed by atoms with Gasteiger partial charge in [-0.3, -0.25) is 9.59 Å². The summed E-state index contributed by atoms with van der Waals surface area (Å²) in [6.07, 6.45) is 0.926. The molecule has 0 aromatic heterocycles. The van der Waals surface area contributed by atoms with Crippen molar-refractivity contribution in [3.8, 4) is 0 Å². The third-order valence-corrected chi connectivity index (χ3v) is 3.93. The molecular formula is C21H26N2O3. The van der Waals surface area contributed by atoms with Crippen LogP contribution in [0.5, 0.6) is 0 Å². The third-order valence-electron chi connectivity index (χ3n) is 3.93. The molecule has 26 heavy (non-hydrogen) atoms. The Labute approximate surface area is 155 Å². The van der Waals surface area contributed by atoms with Crippen molar-refractivity contribution in [1.29, 1.82) is 0 Å². The molecule has 0 heterocycles. The second-order valence-electron chi connectivity index (χ2n) is 6.29. The molecule has 5 heteroatoms. The Hall–Kier alpha value is -2.66. The van der Waals surface area contributed by atoms with E-state index in [0.717, 1.165) is 11.1 Å². The minimum Gasteiger partial charge on any atom is -0.377 e. The fourth-order valence-corrected chi connectivity index (χ4v) is 2.52. The number of amides is 2. The lowest BCUT2D eigenvalue weighted by molar-refractivity contribution is -0.134. The zero-order valence-corrected chi connectivity index (χ0v) is 15.4. The van der Waals surface area contributed by atoms with Crippen molar-refractivity contribution in [2.75, 3.05) is 20.7 Å². The number of nitrogens with zero attached hydrogens (tertiary/aromatic N) is 1. The summed E-state index contributed by atoms with van der Waals surface area (Å²) in [6.45, 7) is 1.04. The zero-order valence-electron chi connectivity index (χ0n) is 15.4. The van der Waals surface area contributed by atoms with Gasteiger partial charge in [-0.2, -0.15) is 0 Å². The lowest BCUT2D eigenvalue weighted by Gasteiger charge is -2.22. The molecular weight excluding hydrogens is 328 g/mol. The summed E-state index contributed by atoms with van der Waals surface area (Å²) < 4.78 is 5.59. The van der Waals surface area contributed by atoms with Crippen molar-refractivity contribution < 1.29 is 14.3 Å². The lowest BCUT2D eigenvalue weighted by Crippen LogP contribution is -2.39. The van der Waals surface area contributed by atoms with Gasteiger partial charge in [0.05, 0.1) is 6.61 Å². The fraction of sp³-hybridized carbons (Fsp3) is 0.333. The quantitative estimate of drug-likeness (QED) is 0.705. The number of hydrogen-bond acceptors (Lipinski definition) is 3. The summed E-state index contributed by atoms with van der Waals surface area (Å²) in [5.74, 6) is -0.303. The lowest BCUT2D eigenvalue weighted by atomic mass is 10.1. The van der Waals surface area contributed by atoms with E-state index >= 15 is 0 Å². The molecule has 1 N–H and O–H groups in total. The molecule has 0 saturated heterocycles. The Morgan fingerprint density at radius 1 is 1.00 bits per heavy atom. The summed E-state index contributed by atoms with van der Waals surface area (Å²) in [5.41, 5.74) is 1.89. The summed E-state index contributed by atoms with van der Waals surface area (Å²) >= 11 is 0. The minimum atomic E-state index is -0.663. The molecule has 1 atom stereocenters. The van der Waals surface area contributed by atoms with Gasteiger partial charge in [0, 0.05) is 27.1 Å². The summed E-state index contributed by atoms with van der Waals surface area (Å²) in [7, 11) is 3.36. The fourth-order valence-electron chi connectivity index (χ4n) is 2.52. The molecule has 0 aliphatic rings. The van der Waals surface area contributed by atoms with E-state index in [0.29, 0.717) is 26.1 Å². The molecule has 2 rings (SSSR count). The maximum atomic E-state index is 12.4. The van der Waals surface area contributed by atoms with Gasteiger partial charge in [-0.15, -0.1) is 0 Å². The van der Waals surface area contributed by atoms with Crippen LogP contribution in [0, 0.1) is 0 Å². The van der Waals surface area contributed by atoms with Gasteiger partial charge >= 0.3 is 0 Å². The van der Waals surface area contributed by atoms with Crippen molar-refractivity contribution in [2.24, 2.45) is 0 Å². The molecule has 0 spiro atoms. The van der Waals surface area contributed by atoms with E-state index in [2.05, 4.69) is 5.32 Å². The van der Waals surface area contributed by atoms with Crippen LogP contribution in [0.3, 0.4) is 0 Å². The van der Waals surface area contributed by atoms with E-state index < -0.39 is 6.04 Å². The topological polar surface area (TPSA) is 58.6 Å². The number of nitrogens with one attached hydrogen (secondary N) is 1. The predicted octanol–water partition coefficient (Wildman–Crippen LogP) is 2.93. The predicted molar refractivity (Wildman–Crippen MR) is 101 cm³/mol. The van der Waals surface area contributed by atoms with E-state index in [4.69, 9.17) is 4.74 Å². The van der Waals surface area contributed by atoms with Gasteiger partial charge in [0.1, 0.15) is 6.04 Å². The van der Waals surface area contributed by atoms with Crippen LogP contribution in [-0.4, -0.2) is 37.4 Å². The highest BCUT2D eigenvalue weighted by molar-refractivity contribution is 5.88. The van der Waals surface area contributed by atoms with E-state index in [-0.39, 0.29) is 11.8 Å². The summed E-state index contributed by atoms with van der Waals surface area (Å²) in [4.78, 5) is 26.1. The average Bonchev–Trinajstić information content (AvgIpc) is 2.66. The van der Waals surface area contributed by atoms with Crippen LogP contribution >= 0.6 is 0 Å². The smallest absolute Gasteiger partial charge is 0.249 e. The number of ether oxygens (including phenoxy) is 1. The zero-order chi connectivity index (χ0) is 18.8. The van der Waals surface area contributed by atoms with Crippen LogP contribution in [0.25, 0.3) is 0 Å². The van der Waals surface area contributed by atoms with Gasteiger partial charge in [0.25, 0.3) is 0 Å². The maximum Gasteiger partial charge on any atom is 0.249 e. The van der Waals surface area contributed by atoms with E-state index in [1.54, 1.807) is 14.1 Å². The number of hydrogen-bond donors (Lipinski definition) is 1. The molecule has 138 valence electrons. The van der Waals surface area contributed by atoms with E-state index in [9.17, 15) is 9.59 Å². The molecule has 0 aliphatic heterocycles. The first-order chi connectivity index (χ1) is 12.6. The van der Waals surface area contributed by atoms with Crippen LogP contribution in [-0.2, 0) is 20.9 Å². The van der Waals surface area contributed by atoms with Crippen LogP contribution < -0.4 is 5.32 Å². The van der Waals surface area contributed by atoms with Gasteiger partial charge in [-0.1, -0.05) is 60.7 Å². The standard InChI is InChI=1S/C21H26N2O3/c1-23(2)21(25)20(18-12-7-4-8-13-18)22-19(24)14-9-15-26-16-17-10-5-3-6-11-17/h3-8,10-13,20H,9,14-16H2,1-2H3,(H,22,24). The minimum absolute atomic E-state index is 0.148. The third kappa shape index (κ3) is 6.33. The number of rotatable bonds is 9. The first-order valence-corrected chi connectivity index (χ1v) is 8.75. The Morgan fingerprint density at radius 2 is 1.62 bits per heavy atom. The van der Waals surface area contributed by atoms with Crippen molar-refractivity contribution in [3.63, 3.8) is 0 Å². The second-order valence-corrected chi connectivity index (χ2v) is 6.29. The Bertz CT molecular complexity index is 687. The van der Waals surface area contributed by atoms with Crippen molar-refractivity contribution >= 4 is 11.8 Å². The summed E-state index contributed by atoms with van der Waals surface area (Å²) in [5, 5.41) is 2.84. The molecule has 2 aromatic carbocycles. The van der Waals surface area contributed by atoms with Crippen LogP contribution in [0.4, 0.5) is 0 Å². The van der Waals surface area contributed by atoms with E-state index in [1.165, 1.54) is 4.90 Å². The van der Waals surface area contributed by atoms with Gasteiger partial charge < -0.3 is 15.0 Å². The second kappa shape index (κ2) is 10.4. The molecule has 1 unspecified atom stereocenters. The molecule has 0 radical (unpaired) electrons. The Balaban J connectivity index is 1.79. The number of likely N-dealkylation sites (N-methyl/N-ethyl adjacent to an activating group) is 1. The van der Waals surface area contributed by atoms with Crippen molar-refractivity contribution in [1.82, 2.24) is 10.2 Å². The Kier molecular flexibility index (Phi) is 7.83. The van der Waals surface area contributed by atoms with Crippen molar-refractivity contribution in [2.45, 2.75) is 25.5 Å². The molecule has 2 aromatic rings. The van der Waals surface area contributed by atoms with Crippen LogP contribution in [0.2, 0.25) is 0 Å². The highest BCUT2D eigenvalue weighted by Crippen LogP contribution is 2.15. The van der Waals surface area contributed by atoms with Crippen molar-refractivity contribution in [3.05, 3.63) is 71.8 Å². The molecule has 0 saturated carbocycles. The number of carbonyl (C=O) groups is 2. The molecule has 0 fully saturated rings. The highest BCUT2D eigenvalue weighted by atomic mass is 16.5. The van der Waals surface area contributed by atoms with Crippen LogP contribution in [0.15, 0.2) is 60.7 Å². The molecule has 0 aliphatic carbocycles. The molecule has 5 nitrogen and oxygen atoms in total. The van der Waals surface area contributed by atoms with Gasteiger partial charge in [-0.25, -0.2) is 0 Å². The van der Waals surface area contributed by atoms with Gasteiger partial charge in [0.15, 0.2) is 0 Å². The SMILES string of the molecule is CN(C)C(=O)C(NC(=O)CCCOCc1ccccc1)c1ccccc1. The first kappa shape index (κ1) is 19.7. The monoisotopic (exact) mass is 354 g/mol. The molecule has 0 bridgehead atoms. The number of carbonyl (C=O) groups excluding carboxylic acids is 2. The van der Waals surface area contributed by atoms with Gasteiger partial charge in [0.2, 0.25) is 11.8 Å². The first-order valence-electron chi connectivity index (χ1n) is 8.75. The maximum absolute atomic E-state index is 12.4. The largest absolute Gasteiger partial charge is 0.377 e. The number of benzene rings is 2. The average molecular weight is 354 g/mol. The normalized spacial score (nSPS) is 11.6. The highest BCUT2D eigenvalue weighted by Gasteiger charge is 2.23. The summed E-state index contributed by atoms with van der Waals surface area (Å²) in [6, 6.07) is 18.5. The van der Waals surface area contributed by atoms with Gasteiger partial charge in [-0.05, 0) is 17.5 Å². The Morgan fingerprint density at radius 3 is 2.23 bits per heavy atom. The van der Waals surface area contributed by atoms with Crippen LogP contribution in [0.1, 0.15) is 30.0 Å². The molecule has 2 amide bonds. The van der Waals surface area contributed by atoms with E-state index in [1.807, 2.05) is 60.7 Å².